The third-order valence-corrected chi connectivity index (χ3v) is 2.59. The van der Waals surface area contributed by atoms with Gasteiger partial charge in [0.05, 0.1) is 0 Å². The molecule has 1 aromatic heterocycles. The maximum Gasteiger partial charge on any atom is 0.356 e. The molecule has 4 nitrogen and oxygen atoms in total. The smallest absolute Gasteiger partial charge is 0.356 e. The van der Waals surface area contributed by atoms with E-state index in [1.165, 1.54) is 5.56 Å². The predicted molar refractivity (Wildman–Crippen MR) is 64.3 cm³/mol. The Hall–Kier alpha value is -2.10. The summed E-state index contributed by atoms with van der Waals surface area (Å²) in [6.45, 7) is 3.75. The first kappa shape index (κ1) is 11.4. The zero-order chi connectivity index (χ0) is 12.4. The number of carboxylic acids is 1. The Morgan fingerprint density at radius 2 is 2.18 bits per heavy atom. The van der Waals surface area contributed by atoms with Crippen molar-refractivity contribution in [1.29, 1.82) is 0 Å². The number of hydrogen-bond donors (Lipinski definition) is 2. The Morgan fingerprint density at radius 3 is 2.76 bits per heavy atom. The van der Waals surface area contributed by atoms with Gasteiger partial charge in [-0.05, 0) is 19.4 Å². The number of H-pyrrole nitrogens is 1. The summed E-state index contributed by atoms with van der Waals surface area (Å²) in [7, 11) is 0. The van der Waals surface area contributed by atoms with Crippen LogP contribution in [-0.4, -0.2) is 21.0 Å². The minimum Gasteiger partial charge on any atom is -0.476 e. The van der Waals surface area contributed by atoms with Crippen LogP contribution in [0.2, 0.25) is 0 Å². The van der Waals surface area contributed by atoms with Crippen LogP contribution in [0.15, 0.2) is 24.3 Å². The number of carbonyl (C=O) groups is 1. The molecule has 2 rings (SSSR count). The van der Waals surface area contributed by atoms with Crippen LogP contribution in [0.25, 0.3) is 0 Å². The number of nitrogens with zero attached hydrogens (tertiary/aromatic N) is 1. The first-order valence-electron chi connectivity index (χ1n) is 5.40. The van der Waals surface area contributed by atoms with E-state index in [1.807, 2.05) is 25.1 Å². The number of benzene rings is 1. The molecule has 17 heavy (non-hydrogen) atoms. The number of carboxylic acid groups (broad SMARTS) is 1. The summed E-state index contributed by atoms with van der Waals surface area (Å²) in [5.74, 6) is -0.306. The van der Waals surface area contributed by atoms with Gasteiger partial charge in [0.15, 0.2) is 5.69 Å². The van der Waals surface area contributed by atoms with Gasteiger partial charge in [-0.25, -0.2) is 9.78 Å². The van der Waals surface area contributed by atoms with Crippen molar-refractivity contribution in [2.24, 2.45) is 0 Å². The van der Waals surface area contributed by atoms with Crippen LogP contribution in [0.1, 0.15) is 33.1 Å². The highest BCUT2D eigenvalue weighted by atomic mass is 16.4. The van der Waals surface area contributed by atoms with E-state index in [2.05, 4.69) is 16.0 Å². The summed E-state index contributed by atoms with van der Waals surface area (Å²) in [6.07, 6.45) is 0.621. The van der Waals surface area contributed by atoms with Crippen LogP contribution in [0.3, 0.4) is 0 Å². The summed E-state index contributed by atoms with van der Waals surface area (Å²) in [6, 6.07) is 8.09. The van der Waals surface area contributed by atoms with Gasteiger partial charge < -0.3 is 10.1 Å². The van der Waals surface area contributed by atoms with Gasteiger partial charge in [-0.2, -0.15) is 0 Å². The molecule has 0 aliphatic rings. The van der Waals surface area contributed by atoms with Crippen LogP contribution < -0.4 is 0 Å². The molecular formula is C13H14N2O2. The van der Waals surface area contributed by atoms with Gasteiger partial charge in [-0.1, -0.05) is 29.8 Å². The van der Waals surface area contributed by atoms with Gasteiger partial charge in [0.1, 0.15) is 5.82 Å². The molecule has 0 amide bonds. The molecule has 0 spiro atoms. The molecule has 0 fully saturated rings. The number of aryl methyl sites for hydroxylation is 2. The highest BCUT2D eigenvalue weighted by molar-refractivity contribution is 5.86. The van der Waals surface area contributed by atoms with Crippen molar-refractivity contribution in [3.8, 4) is 0 Å². The van der Waals surface area contributed by atoms with Crippen molar-refractivity contribution in [2.75, 3.05) is 0 Å². The lowest BCUT2D eigenvalue weighted by molar-refractivity contribution is 0.0690. The van der Waals surface area contributed by atoms with E-state index in [0.29, 0.717) is 17.9 Å². The number of imidazole rings is 1. The van der Waals surface area contributed by atoms with Gasteiger partial charge in [0.2, 0.25) is 0 Å². The lowest BCUT2D eigenvalue weighted by atomic mass is 10.1. The highest BCUT2D eigenvalue weighted by Gasteiger charge is 2.13. The van der Waals surface area contributed by atoms with Crippen molar-refractivity contribution in [3.63, 3.8) is 0 Å². The first-order chi connectivity index (χ1) is 8.06. The zero-order valence-corrected chi connectivity index (χ0v) is 9.82. The van der Waals surface area contributed by atoms with Crippen molar-refractivity contribution in [2.45, 2.75) is 20.3 Å². The van der Waals surface area contributed by atoms with Crippen molar-refractivity contribution < 1.29 is 9.90 Å². The number of aromatic carboxylic acids is 1. The number of nitrogens with one attached hydrogen (secondary N) is 1. The van der Waals surface area contributed by atoms with E-state index in [9.17, 15) is 4.79 Å². The average molecular weight is 230 g/mol. The Labute approximate surface area is 99.3 Å². The highest BCUT2D eigenvalue weighted by Crippen LogP contribution is 2.11. The molecule has 0 bridgehead atoms. The van der Waals surface area contributed by atoms with E-state index in [4.69, 9.17) is 5.11 Å². The fraction of sp³-hybridized carbons (Fsp3) is 0.231. The van der Waals surface area contributed by atoms with Crippen molar-refractivity contribution in [3.05, 3.63) is 52.6 Å². The molecule has 1 aromatic carbocycles. The van der Waals surface area contributed by atoms with Crippen LogP contribution in [-0.2, 0) is 6.42 Å². The molecular weight excluding hydrogens is 216 g/mol. The third kappa shape index (κ3) is 2.53. The van der Waals surface area contributed by atoms with E-state index in [0.717, 1.165) is 5.56 Å². The second-order valence-corrected chi connectivity index (χ2v) is 4.13. The number of aromatic amines is 1. The van der Waals surface area contributed by atoms with E-state index in [1.54, 1.807) is 6.92 Å². The zero-order valence-electron chi connectivity index (χ0n) is 9.82. The fourth-order valence-electron chi connectivity index (χ4n) is 1.83. The molecule has 88 valence electrons. The summed E-state index contributed by atoms with van der Waals surface area (Å²) in [5, 5.41) is 8.91. The van der Waals surface area contributed by atoms with Crippen LogP contribution in [0.5, 0.6) is 0 Å². The molecule has 0 radical (unpaired) electrons. The standard InChI is InChI=1S/C13H14N2O2/c1-8-4-3-5-10(6-8)7-11-14-9(2)12(15-11)13(16)17/h3-6H,7H2,1-2H3,(H,14,15)(H,16,17). The van der Waals surface area contributed by atoms with Crippen LogP contribution >= 0.6 is 0 Å². The maximum atomic E-state index is 10.9. The summed E-state index contributed by atoms with van der Waals surface area (Å²) in [4.78, 5) is 17.9. The SMILES string of the molecule is Cc1cccc(Cc2nc(C(=O)O)c(C)[nH]2)c1. The average Bonchev–Trinajstić information content (AvgIpc) is 2.59. The fourth-order valence-corrected chi connectivity index (χ4v) is 1.83. The molecule has 0 saturated heterocycles. The quantitative estimate of drug-likeness (QED) is 0.850. The normalized spacial score (nSPS) is 10.5. The summed E-state index contributed by atoms with van der Waals surface area (Å²) >= 11 is 0. The van der Waals surface area contributed by atoms with Gasteiger partial charge in [-0.3, -0.25) is 0 Å². The number of rotatable bonds is 3. The van der Waals surface area contributed by atoms with E-state index >= 15 is 0 Å². The molecule has 0 saturated carbocycles. The third-order valence-electron chi connectivity index (χ3n) is 2.59. The van der Waals surface area contributed by atoms with Gasteiger partial charge in [0.25, 0.3) is 0 Å². The van der Waals surface area contributed by atoms with Crippen molar-refractivity contribution >= 4 is 5.97 Å². The number of hydrogen-bond acceptors (Lipinski definition) is 2. The number of aromatic nitrogens is 2. The Bertz CT molecular complexity index is 558. The Kier molecular flexibility index (Phi) is 2.95. The monoisotopic (exact) mass is 230 g/mol. The van der Waals surface area contributed by atoms with E-state index in [-0.39, 0.29) is 5.69 Å². The molecule has 1 heterocycles. The molecule has 2 N–H and O–H groups in total. The minimum atomic E-state index is -0.991. The summed E-state index contributed by atoms with van der Waals surface area (Å²) < 4.78 is 0. The van der Waals surface area contributed by atoms with Gasteiger partial charge >= 0.3 is 5.97 Å². The Balaban J connectivity index is 2.25. The molecule has 0 aliphatic carbocycles. The van der Waals surface area contributed by atoms with Crippen LogP contribution in [0.4, 0.5) is 0 Å². The molecule has 4 heteroatoms. The second-order valence-electron chi connectivity index (χ2n) is 4.13. The molecule has 0 aliphatic heterocycles. The molecule has 0 atom stereocenters. The van der Waals surface area contributed by atoms with Gasteiger partial charge in [-0.15, -0.1) is 0 Å². The van der Waals surface area contributed by atoms with Crippen molar-refractivity contribution in [1.82, 2.24) is 9.97 Å². The predicted octanol–water partition coefficient (Wildman–Crippen LogP) is 2.32. The first-order valence-corrected chi connectivity index (χ1v) is 5.40. The minimum absolute atomic E-state index is 0.104. The largest absolute Gasteiger partial charge is 0.476 e. The lowest BCUT2D eigenvalue weighted by Gasteiger charge is -1.99. The Morgan fingerprint density at radius 1 is 1.41 bits per heavy atom. The topological polar surface area (TPSA) is 66.0 Å². The summed E-state index contributed by atoms with van der Waals surface area (Å²) in [5.41, 5.74) is 3.01. The second kappa shape index (κ2) is 4.41. The maximum absolute atomic E-state index is 10.9. The van der Waals surface area contributed by atoms with Crippen LogP contribution in [0, 0.1) is 13.8 Å². The molecule has 2 aromatic rings. The lowest BCUT2D eigenvalue weighted by Crippen LogP contribution is -1.99. The molecule has 0 unspecified atom stereocenters. The van der Waals surface area contributed by atoms with Gasteiger partial charge in [0, 0.05) is 12.1 Å². The van der Waals surface area contributed by atoms with E-state index < -0.39 is 5.97 Å².